The third-order valence-corrected chi connectivity index (χ3v) is 4.88. The van der Waals surface area contributed by atoms with Crippen molar-refractivity contribution < 1.29 is 4.79 Å². The summed E-state index contributed by atoms with van der Waals surface area (Å²) in [6, 6.07) is 0.192. The van der Waals surface area contributed by atoms with E-state index in [-0.39, 0.29) is 12.0 Å². The van der Waals surface area contributed by atoms with Gasteiger partial charge in [-0.25, -0.2) is 0 Å². The molecule has 4 unspecified atom stereocenters. The molecule has 2 N–H and O–H groups in total. The smallest absolute Gasteiger partial charge is 0.137 e. The highest BCUT2D eigenvalue weighted by Crippen LogP contribution is 2.48. The second-order valence-electron chi connectivity index (χ2n) is 6.07. The second kappa shape index (κ2) is 5.99. The SMILES string of the molecule is CCCCCCCC(=O)C1C2CCC(C2)C1N. The summed E-state index contributed by atoms with van der Waals surface area (Å²) >= 11 is 0. The average molecular weight is 237 g/mol. The number of hydrogen-bond donors (Lipinski definition) is 1. The van der Waals surface area contributed by atoms with Crippen molar-refractivity contribution in [2.24, 2.45) is 23.5 Å². The predicted octanol–water partition coefficient (Wildman–Crippen LogP) is 3.29. The van der Waals surface area contributed by atoms with Crippen molar-refractivity contribution >= 4 is 5.78 Å². The zero-order valence-electron chi connectivity index (χ0n) is 11.2. The van der Waals surface area contributed by atoms with Crippen LogP contribution in [-0.2, 0) is 4.79 Å². The summed E-state index contributed by atoms with van der Waals surface area (Å²) in [5, 5.41) is 0. The van der Waals surface area contributed by atoms with Gasteiger partial charge in [0.15, 0.2) is 0 Å². The molecule has 2 fully saturated rings. The Morgan fingerprint density at radius 2 is 1.82 bits per heavy atom. The van der Waals surface area contributed by atoms with E-state index in [9.17, 15) is 4.79 Å². The number of rotatable bonds is 7. The minimum absolute atomic E-state index is 0.192. The fourth-order valence-electron chi connectivity index (χ4n) is 3.88. The first kappa shape index (κ1) is 13.1. The van der Waals surface area contributed by atoms with Crippen LogP contribution in [0.1, 0.15) is 64.7 Å². The van der Waals surface area contributed by atoms with E-state index >= 15 is 0 Å². The van der Waals surface area contributed by atoms with Gasteiger partial charge in [-0.15, -0.1) is 0 Å². The molecule has 0 amide bonds. The number of Topliss-reactive ketones (excluding diaryl/α,β-unsaturated/α-hetero) is 1. The normalized spacial score (nSPS) is 35.4. The van der Waals surface area contributed by atoms with Crippen molar-refractivity contribution in [3.63, 3.8) is 0 Å². The Morgan fingerprint density at radius 3 is 2.47 bits per heavy atom. The summed E-state index contributed by atoms with van der Waals surface area (Å²) in [5.74, 6) is 1.99. The van der Waals surface area contributed by atoms with E-state index in [1.54, 1.807) is 0 Å². The maximum atomic E-state index is 12.2. The molecule has 0 aromatic rings. The molecule has 4 atom stereocenters. The van der Waals surface area contributed by atoms with Crippen LogP contribution in [-0.4, -0.2) is 11.8 Å². The first-order valence-corrected chi connectivity index (χ1v) is 7.52. The van der Waals surface area contributed by atoms with E-state index in [0.717, 1.165) is 12.8 Å². The molecule has 2 bridgehead atoms. The molecule has 2 aliphatic rings. The highest BCUT2D eigenvalue weighted by atomic mass is 16.1. The fourth-order valence-corrected chi connectivity index (χ4v) is 3.88. The Kier molecular flexibility index (Phi) is 4.61. The topological polar surface area (TPSA) is 43.1 Å². The molecule has 2 heteroatoms. The van der Waals surface area contributed by atoms with Crippen LogP contribution in [0.5, 0.6) is 0 Å². The highest BCUT2D eigenvalue weighted by molar-refractivity contribution is 5.82. The molecule has 98 valence electrons. The first-order chi connectivity index (χ1) is 8.24. The summed E-state index contributed by atoms with van der Waals surface area (Å²) in [7, 11) is 0. The predicted molar refractivity (Wildman–Crippen MR) is 70.7 cm³/mol. The van der Waals surface area contributed by atoms with Gasteiger partial charge in [-0.3, -0.25) is 4.79 Å². The van der Waals surface area contributed by atoms with Gasteiger partial charge in [0, 0.05) is 18.4 Å². The molecule has 2 rings (SSSR count). The van der Waals surface area contributed by atoms with Gasteiger partial charge in [-0.1, -0.05) is 32.6 Å². The quantitative estimate of drug-likeness (QED) is 0.690. The molecule has 17 heavy (non-hydrogen) atoms. The summed E-state index contributed by atoms with van der Waals surface area (Å²) in [5.41, 5.74) is 6.20. The van der Waals surface area contributed by atoms with Gasteiger partial charge in [0.25, 0.3) is 0 Å². The monoisotopic (exact) mass is 237 g/mol. The molecule has 0 aromatic carbocycles. The van der Waals surface area contributed by atoms with E-state index in [0.29, 0.717) is 17.6 Å². The molecule has 0 saturated heterocycles. The lowest BCUT2D eigenvalue weighted by Crippen LogP contribution is -2.40. The summed E-state index contributed by atoms with van der Waals surface area (Å²) in [6.07, 6.45) is 10.7. The number of carbonyl (C=O) groups excluding carboxylic acids is 1. The van der Waals surface area contributed by atoms with Gasteiger partial charge in [0.2, 0.25) is 0 Å². The third kappa shape index (κ3) is 2.90. The number of hydrogen-bond acceptors (Lipinski definition) is 2. The van der Waals surface area contributed by atoms with Crippen molar-refractivity contribution in [3.05, 3.63) is 0 Å². The number of fused-ring (bicyclic) bond motifs is 2. The lowest BCUT2D eigenvalue weighted by atomic mass is 9.81. The van der Waals surface area contributed by atoms with Gasteiger partial charge in [-0.2, -0.15) is 0 Å². The maximum Gasteiger partial charge on any atom is 0.137 e. The van der Waals surface area contributed by atoms with Crippen molar-refractivity contribution in [1.29, 1.82) is 0 Å². The Bertz CT molecular complexity index is 262. The van der Waals surface area contributed by atoms with Gasteiger partial charge in [0.1, 0.15) is 5.78 Å². The van der Waals surface area contributed by atoms with Crippen LogP contribution in [0.3, 0.4) is 0 Å². The van der Waals surface area contributed by atoms with Crippen LogP contribution in [0.2, 0.25) is 0 Å². The number of ketones is 1. The molecule has 2 nitrogen and oxygen atoms in total. The molecule has 2 saturated carbocycles. The Morgan fingerprint density at radius 1 is 1.12 bits per heavy atom. The highest BCUT2D eigenvalue weighted by Gasteiger charge is 2.48. The lowest BCUT2D eigenvalue weighted by molar-refractivity contribution is -0.125. The van der Waals surface area contributed by atoms with Crippen molar-refractivity contribution in [3.8, 4) is 0 Å². The van der Waals surface area contributed by atoms with Crippen molar-refractivity contribution in [2.75, 3.05) is 0 Å². The number of unbranched alkanes of at least 4 members (excludes halogenated alkanes) is 4. The van der Waals surface area contributed by atoms with Gasteiger partial charge in [0.05, 0.1) is 0 Å². The summed E-state index contributed by atoms with van der Waals surface area (Å²) in [6.45, 7) is 2.22. The molecule has 0 aromatic heterocycles. The van der Waals surface area contributed by atoms with E-state index in [1.807, 2.05) is 0 Å². The number of nitrogens with two attached hydrogens (primary N) is 1. The van der Waals surface area contributed by atoms with E-state index < -0.39 is 0 Å². The molecule has 0 aliphatic heterocycles. The Labute approximate surface area is 105 Å². The Hall–Kier alpha value is -0.370. The van der Waals surface area contributed by atoms with E-state index in [1.165, 1.54) is 44.9 Å². The van der Waals surface area contributed by atoms with Gasteiger partial charge >= 0.3 is 0 Å². The molecule has 0 heterocycles. The van der Waals surface area contributed by atoms with Crippen LogP contribution < -0.4 is 5.73 Å². The molecule has 0 radical (unpaired) electrons. The molecule has 0 spiro atoms. The first-order valence-electron chi connectivity index (χ1n) is 7.52. The van der Waals surface area contributed by atoms with Gasteiger partial charge in [-0.05, 0) is 37.5 Å². The summed E-state index contributed by atoms with van der Waals surface area (Å²) in [4.78, 5) is 12.2. The van der Waals surface area contributed by atoms with Crippen LogP contribution in [0.25, 0.3) is 0 Å². The van der Waals surface area contributed by atoms with E-state index in [4.69, 9.17) is 5.73 Å². The van der Waals surface area contributed by atoms with Crippen LogP contribution in [0.4, 0.5) is 0 Å². The molecular formula is C15H27NO. The zero-order chi connectivity index (χ0) is 12.3. The van der Waals surface area contributed by atoms with Crippen LogP contribution >= 0.6 is 0 Å². The van der Waals surface area contributed by atoms with E-state index in [2.05, 4.69) is 6.92 Å². The zero-order valence-corrected chi connectivity index (χ0v) is 11.2. The number of carbonyl (C=O) groups is 1. The van der Waals surface area contributed by atoms with Crippen LogP contribution in [0.15, 0.2) is 0 Å². The standard InChI is InChI=1S/C15H27NO/c1-2-3-4-5-6-7-13(17)14-11-8-9-12(10-11)15(14)16/h11-12,14-15H,2-10,16H2,1H3. The van der Waals surface area contributed by atoms with Crippen LogP contribution in [0, 0.1) is 17.8 Å². The van der Waals surface area contributed by atoms with Crippen molar-refractivity contribution in [2.45, 2.75) is 70.8 Å². The molecular weight excluding hydrogens is 210 g/mol. The summed E-state index contributed by atoms with van der Waals surface area (Å²) < 4.78 is 0. The van der Waals surface area contributed by atoms with Crippen molar-refractivity contribution in [1.82, 2.24) is 0 Å². The third-order valence-electron chi connectivity index (χ3n) is 4.88. The van der Waals surface area contributed by atoms with Gasteiger partial charge < -0.3 is 5.73 Å². The fraction of sp³-hybridized carbons (Fsp3) is 0.933. The minimum atomic E-state index is 0.192. The largest absolute Gasteiger partial charge is 0.327 e. The lowest BCUT2D eigenvalue weighted by Gasteiger charge is -2.26. The maximum absolute atomic E-state index is 12.2. The molecule has 2 aliphatic carbocycles. The second-order valence-corrected chi connectivity index (χ2v) is 6.07. The Balaban J connectivity index is 1.69. The average Bonchev–Trinajstić information content (AvgIpc) is 2.89. The minimum Gasteiger partial charge on any atom is -0.327 e.